The summed E-state index contributed by atoms with van der Waals surface area (Å²) in [5.41, 5.74) is 6.59. The second-order valence-electron chi connectivity index (χ2n) is 7.11. The van der Waals surface area contributed by atoms with Crippen molar-refractivity contribution in [2.75, 3.05) is 19.0 Å². The molecule has 0 spiro atoms. The van der Waals surface area contributed by atoms with Crippen LogP contribution in [0.3, 0.4) is 0 Å². The molecule has 2 aliphatic carbocycles. The summed E-state index contributed by atoms with van der Waals surface area (Å²) in [4.78, 5) is 24.3. The molecule has 0 bridgehead atoms. The van der Waals surface area contributed by atoms with Gasteiger partial charge in [-0.3, -0.25) is 9.59 Å². The van der Waals surface area contributed by atoms with E-state index in [1.54, 1.807) is 18.2 Å². The molecule has 2 unspecified atom stereocenters. The van der Waals surface area contributed by atoms with Crippen LogP contribution in [0.15, 0.2) is 18.2 Å². The number of anilines is 1. The van der Waals surface area contributed by atoms with E-state index >= 15 is 0 Å². The maximum atomic E-state index is 12.5. The highest BCUT2D eigenvalue weighted by Crippen LogP contribution is 2.31. The SMILES string of the molecule is COc1ccc(NC(=O)C2CCCC(N)C2)cc1OCC(=O)NC1CC1.Cl. The van der Waals surface area contributed by atoms with Gasteiger partial charge in [0.2, 0.25) is 5.91 Å². The standard InChI is InChI=1S/C19H27N3O4.ClH/c1-25-16-8-7-15(22-19(24)12-3-2-4-13(20)9-12)10-17(16)26-11-18(23)21-14-5-6-14;/h7-8,10,12-14H,2-6,9,11,20H2,1H3,(H,21,23)(H,22,24);1H. The maximum Gasteiger partial charge on any atom is 0.258 e. The van der Waals surface area contributed by atoms with Gasteiger partial charge in [-0.25, -0.2) is 0 Å². The maximum absolute atomic E-state index is 12.5. The van der Waals surface area contributed by atoms with E-state index in [4.69, 9.17) is 15.2 Å². The molecule has 27 heavy (non-hydrogen) atoms. The predicted molar refractivity (Wildman–Crippen MR) is 105 cm³/mol. The zero-order valence-electron chi connectivity index (χ0n) is 15.5. The van der Waals surface area contributed by atoms with Crippen molar-refractivity contribution < 1.29 is 19.1 Å². The lowest BCUT2D eigenvalue weighted by atomic mass is 9.85. The highest BCUT2D eigenvalue weighted by atomic mass is 35.5. The van der Waals surface area contributed by atoms with Gasteiger partial charge in [-0.1, -0.05) is 6.42 Å². The van der Waals surface area contributed by atoms with Crippen LogP contribution in [0.5, 0.6) is 11.5 Å². The fourth-order valence-corrected chi connectivity index (χ4v) is 3.22. The Morgan fingerprint density at radius 2 is 1.96 bits per heavy atom. The van der Waals surface area contributed by atoms with Crippen LogP contribution in [0.25, 0.3) is 0 Å². The Kier molecular flexibility index (Phi) is 7.74. The number of ether oxygens (including phenoxy) is 2. The lowest BCUT2D eigenvalue weighted by Gasteiger charge is -2.25. The molecule has 0 aliphatic heterocycles. The minimum absolute atomic E-state index is 0. The van der Waals surface area contributed by atoms with Gasteiger partial charge in [0.05, 0.1) is 7.11 Å². The van der Waals surface area contributed by atoms with Crippen molar-refractivity contribution in [2.24, 2.45) is 11.7 Å². The molecule has 2 amide bonds. The number of nitrogens with one attached hydrogen (secondary N) is 2. The molecule has 2 aliphatic rings. The van der Waals surface area contributed by atoms with E-state index in [0.717, 1.165) is 32.1 Å². The molecule has 2 atom stereocenters. The molecule has 0 heterocycles. The van der Waals surface area contributed by atoms with Crippen LogP contribution in [0.1, 0.15) is 38.5 Å². The van der Waals surface area contributed by atoms with E-state index in [1.807, 2.05) is 0 Å². The van der Waals surface area contributed by atoms with Gasteiger partial charge in [0.25, 0.3) is 5.91 Å². The van der Waals surface area contributed by atoms with E-state index in [-0.39, 0.29) is 42.8 Å². The Labute approximate surface area is 165 Å². The van der Waals surface area contributed by atoms with E-state index < -0.39 is 0 Å². The second kappa shape index (κ2) is 9.80. The van der Waals surface area contributed by atoms with Crippen molar-refractivity contribution in [3.63, 3.8) is 0 Å². The Bertz CT molecular complexity index is 666. The van der Waals surface area contributed by atoms with Gasteiger partial charge >= 0.3 is 0 Å². The third-order valence-corrected chi connectivity index (χ3v) is 4.82. The van der Waals surface area contributed by atoms with Crippen LogP contribution in [0.4, 0.5) is 5.69 Å². The summed E-state index contributed by atoms with van der Waals surface area (Å²) in [5, 5.41) is 5.79. The summed E-state index contributed by atoms with van der Waals surface area (Å²) in [5.74, 6) is 0.705. The fraction of sp³-hybridized carbons (Fsp3) is 0.579. The zero-order valence-corrected chi connectivity index (χ0v) is 16.3. The number of carbonyl (C=O) groups is 2. The van der Waals surface area contributed by atoms with E-state index in [2.05, 4.69) is 10.6 Å². The number of rotatable bonds is 7. The number of methoxy groups -OCH3 is 1. The van der Waals surface area contributed by atoms with Crippen LogP contribution in [0, 0.1) is 5.92 Å². The molecule has 8 heteroatoms. The summed E-state index contributed by atoms with van der Waals surface area (Å²) in [7, 11) is 1.54. The van der Waals surface area contributed by atoms with Crippen molar-refractivity contribution in [3.8, 4) is 11.5 Å². The average molecular weight is 398 g/mol. The summed E-state index contributed by atoms with van der Waals surface area (Å²) < 4.78 is 10.9. The molecular weight excluding hydrogens is 370 g/mol. The first-order chi connectivity index (χ1) is 12.5. The molecule has 2 saturated carbocycles. The lowest BCUT2D eigenvalue weighted by molar-refractivity contribution is -0.123. The largest absolute Gasteiger partial charge is 0.493 e. The molecular formula is C19H28ClN3O4. The Morgan fingerprint density at radius 1 is 1.19 bits per heavy atom. The number of hydrogen-bond donors (Lipinski definition) is 3. The number of benzene rings is 1. The zero-order chi connectivity index (χ0) is 18.5. The van der Waals surface area contributed by atoms with Crippen LogP contribution >= 0.6 is 12.4 Å². The van der Waals surface area contributed by atoms with E-state index in [9.17, 15) is 9.59 Å². The summed E-state index contributed by atoms with van der Waals surface area (Å²) in [6.45, 7) is -0.0816. The van der Waals surface area contributed by atoms with E-state index in [1.165, 1.54) is 7.11 Å². The van der Waals surface area contributed by atoms with Crippen LogP contribution < -0.4 is 25.8 Å². The van der Waals surface area contributed by atoms with Gasteiger partial charge in [-0.05, 0) is 44.2 Å². The van der Waals surface area contributed by atoms with Gasteiger partial charge in [0.1, 0.15) is 0 Å². The average Bonchev–Trinajstić information content (AvgIpc) is 3.44. The quantitative estimate of drug-likeness (QED) is 0.654. The van der Waals surface area contributed by atoms with E-state index in [0.29, 0.717) is 29.6 Å². The highest BCUT2D eigenvalue weighted by Gasteiger charge is 2.26. The van der Waals surface area contributed by atoms with Crippen molar-refractivity contribution >= 4 is 29.9 Å². The lowest BCUT2D eigenvalue weighted by Crippen LogP contribution is -2.34. The molecule has 0 radical (unpaired) electrons. The minimum Gasteiger partial charge on any atom is -0.493 e. The smallest absolute Gasteiger partial charge is 0.258 e. The Morgan fingerprint density at radius 3 is 2.63 bits per heavy atom. The number of carbonyl (C=O) groups excluding carboxylic acids is 2. The molecule has 0 aromatic heterocycles. The molecule has 2 fully saturated rings. The first kappa shape index (κ1) is 21.3. The molecule has 1 aromatic rings. The number of halogens is 1. The highest BCUT2D eigenvalue weighted by molar-refractivity contribution is 5.93. The molecule has 1 aromatic carbocycles. The third kappa shape index (κ3) is 6.29. The number of nitrogens with two attached hydrogens (primary N) is 1. The van der Waals surface area contributed by atoms with Gasteiger partial charge in [0, 0.05) is 29.8 Å². The van der Waals surface area contributed by atoms with Crippen molar-refractivity contribution in [2.45, 2.75) is 50.6 Å². The monoisotopic (exact) mass is 397 g/mol. The number of hydrogen-bond acceptors (Lipinski definition) is 5. The van der Waals surface area contributed by atoms with Crippen LogP contribution in [-0.2, 0) is 9.59 Å². The summed E-state index contributed by atoms with van der Waals surface area (Å²) in [6.07, 6.45) is 5.59. The molecule has 4 N–H and O–H groups in total. The molecule has 3 rings (SSSR count). The summed E-state index contributed by atoms with van der Waals surface area (Å²) >= 11 is 0. The molecule has 150 valence electrons. The Hall–Kier alpha value is -1.99. The fourth-order valence-electron chi connectivity index (χ4n) is 3.22. The van der Waals surface area contributed by atoms with Crippen molar-refractivity contribution in [1.29, 1.82) is 0 Å². The summed E-state index contributed by atoms with van der Waals surface area (Å²) in [6, 6.07) is 5.55. The van der Waals surface area contributed by atoms with Crippen molar-refractivity contribution in [1.82, 2.24) is 5.32 Å². The van der Waals surface area contributed by atoms with Gasteiger partial charge < -0.3 is 25.8 Å². The van der Waals surface area contributed by atoms with Crippen LogP contribution in [0.2, 0.25) is 0 Å². The van der Waals surface area contributed by atoms with Gasteiger partial charge in [-0.15, -0.1) is 12.4 Å². The number of amides is 2. The van der Waals surface area contributed by atoms with Gasteiger partial charge in [-0.2, -0.15) is 0 Å². The van der Waals surface area contributed by atoms with Gasteiger partial charge in [0.15, 0.2) is 18.1 Å². The predicted octanol–water partition coefficient (Wildman–Crippen LogP) is 2.23. The second-order valence-corrected chi connectivity index (χ2v) is 7.11. The van der Waals surface area contributed by atoms with Crippen LogP contribution in [-0.4, -0.2) is 37.6 Å². The topological polar surface area (TPSA) is 103 Å². The third-order valence-electron chi connectivity index (χ3n) is 4.82. The minimum atomic E-state index is -0.153. The first-order valence-electron chi connectivity index (χ1n) is 9.22. The molecule has 7 nitrogen and oxygen atoms in total. The first-order valence-corrected chi connectivity index (χ1v) is 9.22. The Balaban J connectivity index is 0.00000261. The van der Waals surface area contributed by atoms with Crippen molar-refractivity contribution in [3.05, 3.63) is 18.2 Å². The molecule has 0 saturated heterocycles. The normalized spacial score (nSPS) is 21.6.